The predicted octanol–water partition coefficient (Wildman–Crippen LogP) is 5.19. The van der Waals surface area contributed by atoms with Gasteiger partial charge in [-0.2, -0.15) is 0 Å². The Hall–Kier alpha value is -2.51. The molecule has 0 aliphatic heterocycles. The number of nitrogens with one attached hydrogen (secondary N) is 1. The van der Waals surface area contributed by atoms with Gasteiger partial charge in [-0.1, -0.05) is 35.5 Å². The first-order valence-corrected chi connectivity index (χ1v) is 11.0. The number of anilines is 1. The second-order valence-corrected chi connectivity index (χ2v) is 8.35. The van der Waals surface area contributed by atoms with Gasteiger partial charge in [-0.3, -0.25) is 4.79 Å². The number of benzene rings is 2. The highest BCUT2D eigenvalue weighted by Crippen LogP contribution is 2.23. The predicted molar refractivity (Wildman–Crippen MR) is 121 cm³/mol. The second kappa shape index (κ2) is 10.00. The Labute approximate surface area is 186 Å². The van der Waals surface area contributed by atoms with Gasteiger partial charge >= 0.3 is 0 Å². The maximum absolute atomic E-state index is 12.4. The van der Waals surface area contributed by atoms with Gasteiger partial charge in [-0.15, -0.1) is 10.2 Å². The average molecular weight is 445 g/mol. The number of aromatic nitrogens is 3. The van der Waals surface area contributed by atoms with E-state index in [4.69, 9.17) is 16.3 Å². The quantitative estimate of drug-likeness (QED) is 0.484. The molecule has 0 saturated heterocycles. The van der Waals surface area contributed by atoms with Gasteiger partial charge in [0.15, 0.2) is 11.0 Å². The molecule has 0 fully saturated rings. The maximum atomic E-state index is 12.4. The molecule has 0 radical (unpaired) electrons. The molecular formula is C22H25ClN4O2S. The van der Waals surface area contributed by atoms with Crippen molar-refractivity contribution in [2.45, 2.75) is 46.0 Å². The van der Waals surface area contributed by atoms with E-state index in [0.29, 0.717) is 22.5 Å². The van der Waals surface area contributed by atoms with Gasteiger partial charge in [-0.05, 0) is 68.7 Å². The van der Waals surface area contributed by atoms with E-state index in [-0.39, 0.29) is 18.3 Å². The summed E-state index contributed by atoms with van der Waals surface area (Å²) in [5, 5.41) is 12.8. The number of amides is 1. The molecule has 3 aromatic rings. The molecule has 0 atom stereocenters. The molecule has 0 aliphatic rings. The van der Waals surface area contributed by atoms with E-state index in [9.17, 15) is 4.79 Å². The fourth-order valence-corrected chi connectivity index (χ4v) is 3.83. The van der Waals surface area contributed by atoms with Gasteiger partial charge in [0.25, 0.3) is 0 Å². The largest absolute Gasteiger partial charge is 0.486 e. The second-order valence-electron chi connectivity index (χ2n) is 7.00. The Morgan fingerprint density at radius 3 is 2.67 bits per heavy atom. The summed E-state index contributed by atoms with van der Waals surface area (Å²) in [5.41, 5.74) is 3.93. The molecule has 0 spiro atoms. The van der Waals surface area contributed by atoms with Crippen LogP contribution in [0.4, 0.5) is 5.69 Å². The third kappa shape index (κ3) is 5.55. The Balaban J connectivity index is 1.60. The van der Waals surface area contributed by atoms with Crippen molar-refractivity contribution in [2.24, 2.45) is 0 Å². The number of rotatable bonds is 8. The maximum Gasteiger partial charge on any atom is 0.234 e. The molecule has 158 valence electrons. The van der Waals surface area contributed by atoms with Crippen molar-refractivity contribution in [1.29, 1.82) is 0 Å². The molecule has 1 aromatic heterocycles. The van der Waals surface area contributed by atoms with Crippen LogP contribution in [-0.4, -0.2) is 26.4 Å². The molecule has 0 unspecified atom stereocenters. The van der Waals surface area contributed by atoms with Crippen molar-refractivity contribution in [3.8, 4) is 5.75 Å². The standard InChI is InChI=1S/C22H25ClN4O2S/c1-5-27-20(12-29-17-8-9-18(23)16(4)11-17)25-26-22(27)30-13-21(28)24-19-10-14(2)6-7-15(19)3/h6-11H,5,12-13H2,1-4H3,(H,24,28). The summed E-state index contributed by atoms with van der Waals surface area (Å²) in [4.78, 5) is 12.4. The smallest absolute Gasteiger partial charge is 0.234 e. The van der Waals surface area contributed by atoms with Gasteiger partial charge in [0, 0.05) is 17.3 Å². The molecule has 0 saturated carbocycles. The van der Waals surface area contributed by atoms with Crippen LogP contribution in [0.1, 0.15) is 29.4 Å². The van der Waals surface area contributed by atoms with Crippen molar-refractivity contribution >= 4 is 35.0 Å². The number of hydrogen-bond donors (Lipinski definition) is 1. The van der Waals surface area contributed by atoms with Crippen LogP contribution >= 0.6 is 23.4 Å². The summed E-state index contributed by atoms with van der Waals surface area (Å²) in [6, 6.07) is 11.5. The number of nitrogens with zero attached hydrogens (tertiary/aromatic N) is 3. The van der Waals surface area contributed by atoms with E-state index in [2.05, 4.69) is 15.5 Å². The van der Waals surface area contributed by atoms with Crippen LogP contribution < -0.4 is 10.1 Å². The minimum absolute atomic E-state index is 0.0752. The van der Waals surface area contributed by atoms with E-state index in [1.165, 1.54) is 11.8 Å². The molecule has 3 rings (SSSR count). The Kier molecular flexibility index (Phi) is 7.39. The molecule has 0 bridgehead atoms. The van der Waals surface area contributed by atoms with Crippen molar-refractivity contribution in [3.05, 3.63) is 63.9 Å². The lowest BCUT2D eigenvalue weighted by atomic mass is 10.1. The van der Waals surface area contributed by atoms with Crippen molar-refractivity contribution < 1.29 is 9.53 Å². The van der Waals surface area contributed by atoms with Crippen molar-refractivity contribution in [2.75, 3.05) is 11.1 Å². The van der Waals surface area contributed by atoms with Gasteiger partial charge in [-0.25, -0.2) is 0 Å². The minimum Gasteiger partial charge on any atom is -0.486 e. The first-order valence-electron chi connectivity index (χ1n) is 9.68. The highest BCUT2D eigenvalue weighted by atomic mass is 35.5. The van der Waals surface area contributed by atoms with E-state index >= 15 is 0 Å². The molecule has 1 N–H and O–H groups in total. The zero-order chi connectivity index (χ0) is 21.7. The Bertz CT molecular complexity index is 1050. The zero-order valence-corrected chi connectivity index (χ0v) is 19.1. The molecular weight excluding hydrogens is 420 g/mol. The molecule has 30 heavy (non-hydrogen) atoms. The van der Waals surface area contributed by atoms with Gasteiger partial charge < -0.3 is 14.6 Å². The minimum atomic E-state index is -0.0752. The van der Waals surface area contributed by atoms with Gasteiger partial charge in [0.1, 0.15) is 12.4 Å². The third-order valence-electron chi connectivity index (χ3n) is 4.61. The van der Waals surface area contributed by atoms with E-state index in [1.807, 2.05) is 68.7 Å². The number of hydrogen-bond acceptors (Lipinski definition) is 5. The summed E-state index contributed by atoms with van der Waals surface area (Å²) in [5.74, 6) is 1.61. The lowest BCUT2D eigenvalue weighted by Gasteiger charge is -2.11. The number of carbonyl (C=O) groups excluding carboxylic acids is 1. The number of thioether (sulfide) groups is 1. The fraction of sp³-hybridized carbons (Fsp3) is 0.318. The van der Waals surface area contributed by atoms with E-state index < -0.39 is 0 Å². The molecule has 2 aromatic carbocycles. The van der Waals surface area contributed by atoms with E-state index in [1.54, 1.807) is 0 Å². The Morgan fingerprint density at radius 2 is 1.93 bits per heavy atom. The number of halogens is 1. The summed E-state index contributed by atoms with van der Waals surface area (Å²) >= 11 is 7.42. The SMILES string of the molecule is CCn1c(COc2ccc(Cl)c(C)c2)nnc1SCC(=O)Nc1cc(C)ccc1C. The summed E-state index contributed by atoms with van der Waals surface area (Å²) in [6.45, 7) is 8.90. The summed E-state index contributed by atoms with van der Waals surface area (Å²) < 4.78 is 7.80. The summed E-state index contributed by atoms with van der Waals surface area (Å²) in [6.07, 6.45) is 0. The average Bonchev–Trinajstić information content (AvgIpc) is 3.12. The zero-order valence-electron chi connectivity index (χ0n) is 17.5. The van der Waals surface area contributed by atoms with Crippen LogP contribution in [0.15, 0.2) is 41.6 Å². The topological polar surface area (TPSA) is 69.0 Å². The van der Waals surface area contributed by atoms with Crippen molar-refractivity contribution in [3.63, 3.8) is 0 Å². The third-order valence-corrected chi connectivity index (χ3v) is 6.00. The first-order chi connectivity index (χ1) is 14.4. The highest BCUT2D eigenvalue weighted by molar-refractivity contribution is 7.99. The van der Waals surface area contributed by atoms with Gasteiger partial charge in [0.05, 0.1) is 5.75 Å². The fourth-order valence-electron chi connectivity index (χ4n) is 2.89. The van der Waals surface area contributed by atoms with Crippen LogP contribution in [0.25, 0.3) is 0 Å². The molecule has 8 heteroatoms. The van der Waals surface area contributed by atoms with Crippen LogP contribution in [0, 0.1) is 20.8 Å². The Morgan fingerprint density at radius 1 is 1.13 bits per heavy atom. The van der Waals surface area contributed by atoms with Crippen LogP contribution in [0.2, 0.25) is 5.02 Å². The van der Waals surface area contributed by atoms with Crippen LogP contribution in [0.3, 0.4) is 0 Å². The molecule has 1 heterocycles. The normalized spacial score (nSPS) is 10.8. The van der Waals surface area contributed by atoms with Crippen molar-refractivity contribution in [1.82, 2.24) is 14.8 Å². The number of carbonyl (C=O) groups is 1. The number of ether oxygens (including phenoxy) is 1. The highest BCUT2D eigenvalue weighted by Gasteiger charge is 2.14. The molecule has 0 aliphatic carbocycles. The lowest BCUT2D eigenvalue weighted by Crippen LogP contribution is -2.15. The number of aryl methyl sites for hydroxylation is 3. The van der Waals surface area contributed by atoms with Gasteiger partial charge in [0.2, 0.25) is 5.91 Å². The molecule has 6 nitrogen and oxygen atoms in total. The van der Waals surface area contributed by atoms with E-state index in [0.717, 1.165) is 28.1 Å². The summed E-state index contributed by atoms with van der Waals surface area (Å²) in [7, 11) is 0. The van der Waals surface area contributed by atoms with Crippen LogP contribution in [0.5, 0.6) is 5.75 Å². The monoisotopic (exact) mass is 444 g/mol. The first kappa shape index (κ1) is 22.2. The van der Waals surface area contributed by atoms with Crippen LogP contribution in [-0.2, 0) is 17.9 Å². The lowest BCUT2D eigenvalue weighted by molar-refractivity contribution is -0.113. The molecule has 1 amide bonds.